The average molecular weight is 297 g/mol. The van der Waals surface area contributed by atoms with Crippen LogP contribution in [-0.4, -0.2) is 42.7 Å². The van der Waals surface area contributed by atoms with E-state index in [2.05, 4.69) is 53.9 Å². The van der Waals surface area contributed by atoms with E-state index in [1.54, 1.807) is 0 Å². The highest BCUT2D eigenvalue weighted by Crippen LogP contribution is 2.33. The number of hydrogen-bond donors (Lipinski definition) is 2. The topological polar surface area (TPSA) is 27.3 Å². The number of likely N-dealkylation sites (N-methyl/N-ethyl adjacent to an activating group) is 1. The molecule has 0 aliphatic carbocycles. The molecule has 1 aliphatic rings. The van der Waals surface area contributed by atoms with Gasteiger partial charge in [0, 0.05) is 36.5 Å². The van der Waals surface area contributed by atoms with Crippen LogP contribution in [0.4, 0.5) is 0 Å². The fraction of sp³-hybridized carbons (Fsp3) is 0.643. The van der Waals surface area contributed by atoms with Crippen LogP contribution in [0.5, 0.6) is 0 Å². The van der Waals surface area contributed by atoms with Crippen molar-refractivity contribution in [1.82, 2.24) is 15.5 Å². The van der Waals surface area contributed by atoms with Gasteiger partial charge in [0.05, 0.1) is 0 Å². The number of hydrogen-bond acceptors (Lipinski definition) is 3. The van der Waals surface area contributed by atoms with E-state index >= 15 is 0 Å². The van der Waals surface area contributed by atoms with Crippen molar-refractivity contribution >= 4 is 28.7 Å². The normalized spacial score (nSPS) is 23.8. The lowest BCUT2D eigenvalue weighted by Gasteiger charge is -2.20. The first kappa shape index (κ1) is 14.8. The zero-order chi connectivity index (χ0) is 13.8. The van der Waals surface area contributed by atoms with E-state index in [9.17, 15) is 0 Å². The molecule has 2 rings (SSSR count). The molecule has 0 spiro atoms. The van der Waals surface area contributed by atoms with Crippen molar-refractivity contribution < 1.29 is 0 Å². The summed E-state index contributed by atoms with van der Waals surface area (Å²) in [4.78, 5) is 3.91. The maximum absolute atomic E-state index is 5.30. The number of nitrogens with one attached hydrogen (secondary N) is 2. The maximum Gasteiger partial charge on any atom is 0.166 e. The van der Waals surface area contributed by atoms with Gasteiger partial charge in [-0.3, -0.25) is 0 Å². The number of thiophene rings is 1. The van der Waals surface area contributed by atoms with E-state index in [-0.39, 0.29) is 0 Å². The largest absolute Gasteiger partial charge is 0.362 e. The Morgan fingerprint density at radius 2 is 2.32 bits per heavy atom. The molecule has 2 atom stereocenters. The third kappa shape index (κ3) is 4.16. The molecule has 0 saturated carbocycles. The molecular formula is C14H23N3S2. The van der Waals surface area contributed by atoms with Crippen LogP contribution in [0.1, 0.15) is 24.6 Å². The van der Waals surface area contributed by atoms with Gasteiger partial charge in [0.15, 0.2) is 5.11 Å². The summed E-state index contributed by atoms with van der Waals surface area (Å²) in [6.45, 7) is 7.44. The minimum atomic E-state index is 0.388. The summed E-state index contributed by atoms with van der Waals surface area (Å²) in [6.07, 6.45) is 0. The summed E-state index contributed by atoms with van der Waals surface area (Å²) in [7, 11) is 2.20. The van der Waals surface area contributed by atoms with Gasteiger partial charge in [-0.25, -0.2) is 0 Å². The standard InChI is InChI=1S/C14H23N3S2/c1-10(2)16-14(18)15-7-11-8-17(3)9-12(11)13-5-4-6-19-13/h4-6,10-12H,7-9H2,1-3H3,(H2,15,16,18)/t11-,12-/m1/s1. The molecule has 2 N–H and O–H groups in total. The highest BCUT2D eigenvalue weighted by Gasteiger charge is 2.32. The van der Waals surface area contributed by atoms with Gasteiger partial charge in [-0.2, -0.15) is 0 Å². The van der Waals surface area contributed by atoms with E-state index in [0.29, 0.717) is 17.9 Å². The third-order valence-corrected chi connectivity index (χ3v) is 4.74. The summed E-state index contributed by atoms with van der Waals surface area (Å²) >= 11 is 7.17. The summed E-state index contributed by atoms with van der Waals surface area (Å²) in [6, 6.07) is 4.79. The van der Waals surface area contributed by atoms with Crippen LogP contribution >= 0.6 is 23.6 Å². The smallest absolute Gasteiger partial charge is 0.166 e. The second-order valence-corrected chi connectivity index (χ2v) is 7.00. The fourth-order valence-electron chi connectivity index (χ4n) is 2.66. The Hall–Kier alpha value is -0.650. The molecule has 19 heavy (non-hydrogen) atoms. The summed E-state index contributed by atoms with van der Waals surface area (Å²) in [5, 5.41) is 9.55. The molecule has 5 heteroatoms. The number of rotatable bonds is 4. The molecule has 0 aromatic carbocycles. The van der Waals surface area contributed by atoms with Gasteiger partial charge in [-0.15, -0.1) is 11.3 Å². The van der Waals surface area contributed by atoms with Crippen molar-refractivity contribution in [1.29, 1.82) is 0 Å². The van der Waals surface area contributed by atoms with Gasteiger partial charge in [0.25, 0.3) is 0 Å². The Bertz CT molecular complexity index is 403. The van der Waals surface area contributed by atoms with Crippen molar-refractivity contribution in [3.05, 3.63) is 22.4 Å². The van der Waals surface area contributed by atoms with Gasteiger partial charge < -0.3 is 15.5 Å². The zero-order valence-corrected chi connectivity index (χ0v) is 13.5. The molecule has 0 bridgehead atoms. The molecule has 3 nitrogen and oxygen atoms in total. The lowest BCUT2D eigenvalue weighted by molar-refractivity contribution is 0.394. The number of thiocarbonyl (C=S) groups is 1. The van der Waals surface area contributed by atoms with E-state index < -0.39 is 0 Å². The van der Waals surface area contributed by atoms with E-state index in [0.717, 1.165) is 24.7 Å². The van der Waals surface area contributed by atoms with Crippen molar-refractivity contribution in [3.8, 4) is 0 Å². The maximum atomic E-state index is 5.30. The molecule has 106 valence electrons. The van der Waals surface area contributed by atoms with Crippen molar-refractivity contribution in [2.24, 2.45) is 5.92 Å². The minimum absolute atomic E-state index is 0.388. The van der Waals surface area contributed by atoms with Crippen molar-refractivity contribution in [2.45, 2.75) is 25.8 Å². The van der Waals surface area contributed by atoms with Crippen molar-refractivity contribution in [2.75, 3.05) is 26.7 Å². The molecule has 1 fully saturated rings. The third-order valence-electron chi connectivity index (χ3n) is 3.48. The van der Waals surface area contributed by atoms with Crippen LogP contribution in [0.3, 0.4) is 0 Å². The molecular weight excluding hydrogens is 274 g/mol. The van der Waals surface area contributed by atoms with Gasteiger partial charge in [-0.1, -0.05) is 6.07 Å². The van der Waals surface area contributed by atoms with Crippen molar-refractivity contribution in [3.63, 3.8) is 0 Å². The molecule has 0 radical (unpaired) electrons. The van der Waals surface area contributed by atoms with Crippen LogP contribution in [0.25, 0.3) is 0 Å². The first-order valence-corrected chi connectivity index (χ1v) is 8.11. The van der Waals surface area contributed by atoms with E-state index in [1.165, 1.54) is 4.88 Å². The molecule has 0 amide bonds. The van der Waals surface area contributed by atoms with Crippen LogP contribution in [-0.2, 0) is 0 Å². The van der Waals surface area contributed by atoms with Gasteiger partial charge in [-0.05, 0) is 50.5 Å². The minimum Gasteiger partial charge on any atom is -0.362 e. The summed E-state index contributed by atoms with van der Waals surface area (Å²) in [5.41, 5.74) is 0. The van der Waals surface area contributed by atoms with Crippen LogP contribution in [0.15, 0.2) is 17.5 Å². The quantitative estimate of drug-likeness (QED) is 0.834. The molecule has 1 saturated heterocycles. The molecule has 1 aromatic heterocycles. The van der Waals surface area contributed by atoms with Crippen LogP contribution < -0.4 is 10.6 Å². The first-order valence-electron chi connectivity index (χ1n) is 6.82. The number of likely N-dealkylation sites (tertiary alicyclic amines) is 1. The molecule has 2 heterocycles. The summed E-state index contributed by atoms with van der Waals surface area (Å²) in [5.74, 6) is 1.27. The zero-order valence-electron chi connectivity index (χ0n) is 11.8. The Morgan fingerprint density at radius 1 is 1.53 bits per heavy atom. The lowest BCUT2D eigenvalue weighted by atomic mass is 9.94. The monoisotopic (exact) mass is 297 g/mol. The molecule has 1 aromatic rings. The van der Waals surface area contributed by atoms with Crippen LogP contribution in [0.2, 0.25) is 0 Å². The SMILES string of the molecule is CC(C)NC(=S)NC[C@@H]1CN(C)C[C@H]1c1cccs1. The molecule has 0 unspecified atom stereocenters. The van der Waals surface area contributed by atoms with Gasteiger partial charge in [0.1, 0.15) is 0 Å². The van der Waals surface area contributed by atoms with Gasteiger partial charge in [0.2, 0.25) is 0 Å². The van der Waals surface area contributed by atoms with E-state index in [1.807, 2.05) is 11.3 Å². The first-order chi connectivity index (χ1) is 9.06. The van der Waals surface area contributed by atoms with Gasteiger partial charge >= 0.3 is 0 Å². The lowest BCUT2D eigenvalue weighted by Crippen LogP contribution is -2.42. The Labute approximate surface area is 125 Å². The second kappa shape index (κ2) is 6.68. The predicted molar refractivity (Wildman–Crippen MR) is 86.9 cm³/mol. The second-order valence-electron chi connectivity index (χ2n) is 5.61. The summed E-state index contributed by atoms with van der Waals surface area (Å²) < 4.78 is 0. The molecule has 1 aliphatic heterocycles. The predicted octanol–water partition coefficient (Wildman–Crippen LogP) is 2.27. The van der Waals surface area contributed by atoms with E-state index in [4.69, 9.17) is 12.2 Å². The van der Waals surface area contributed by atoms with Crippen LogP contribution in [0, 0.1) is 5.92 Å². The Morgan fingerprint density at radius 3 is 2.95 bits per heavy atom. The Balaban J connectivity index is 1.89. The highest BCUT2D eigenvalue weighted by atomic mass is 32.1. The number of nitrogens with zero attached hydrogens (tertiary/aromatic N) is 1. The highest BCUT2D eigenvalue weighted by molar-refractivity contribution is 7.80. The average Bonchev–Trinajstić information content (AvgIpc) is 2.93. The Kier molecular flexibility index (Phi) is 5.19. The fourth-order valence-corrected chi connectivity index (χ4v) is 3.89.